The minimum Gasteiger partial charge on any atom is -0.107 e. The summed E-state index contributed by atoms with van der Waals surface area (Å²) in [5.74, 6) is 0. The van der Waals surface area contributed by atoms with Crippen LogP contribution in [-0.2, 0) is 0 Å². The third-order valence-electron chi connectivity index (χ3n) is 1.41. The van der Waals surface area contributed by atoms with Crippen molar-refractivity contribution < 1.29 is 0 Å². The van der Waals surface area contributed by atoms with E-state index in [1.54, 1.807) is 0 Å². The van der Waals surface area contributed by atoms with Gasteiger partial charge in [-0.2, -0.15) is 0 Å². The van der Waals surface area contributed by atoms with Crippen LogP contribution in [0.15, 0.2) is 0 Å². The van der Waals surface area contributed by atoms with Gasteiger partial charge in [-0.1, -0.05) is 66.2 Å². The molecule has 0 aromatic heterocycles. The Morgan fingerprint density at radius 1 is 0.500 bits per heavy atom. The molecule has 0 aliphatic rings. The Kier molecular flexibility index (Phi) is 57.2. The molecule has 0 bridgehead atoms. The van der Waals surface area contributed by atoms with Gasteiger partial charge in [0.2, 0.25) is 0 Å². The van der Waals surface area contributed by atoms with E-state index in [0.29, 0.717) is 0 Å². The number of halogens is 2. The average Bonchev–Trinajstić information content (AvgIpc) is 1.93. The maximum absolute atomic E-state index is 2.21. The highest BCUT2D eigenvalue weighted by Gasteiger charge is 1.68. The van der Waals surface area contributed by atoms with Crippen molar-refractivity contribution in [2.45, 2.75) is 66.2 Å². The van der Waals surface area contributed by atoms with Gasteiger partial charge in [-0.3, -0.25) is 0 Å². The van der Waals surface area contributed by atoms with Gasteiger partial charge in [0, 0.05) is 0 Å². The van der Waals surface area contributed by atoms with E-state index in [-0.39, 0.29) is 48.0 Å². The molecule has 0 amide bonds. The normalized spacial score (nSPS) is 7.00. The van der Waals surface area contributed by atoms with Crippen molar-refractivity contribution in [3.63, 3.8) is 0 Å². The summed E-state index contributed by atoms with van der Waals surface area (Å²) in [5.41, 5.74) is 0. The fourth-order valence-electron chi connectivity index (χ4n) is 0.707. The van der Waals surface area contributed by atoms with Crippen molar-refractivity contribution in [3.05, 3.63) is 0 Å². The molecule has 0 nitrogen and oxygen atoms in total. The topological polar surface area (TPSA) is 0 Å². The maximum atomic E-state index is 2.21. The molecule has 0 unspecified atom stereocenters. The third-order valence-corrected chi connectivity index (χ3v) is 1.41. The first-order valence-corrected chi connectivity index (χ1v) is 4.83. The molecule has 0 fully saturated rings. The zero-order valence-electron chi connectivity index (χ0n) is 9.06. The van der Waals surface area contributed by atoms with Gasteiger partial charge in [-0.15, -0.1) is 48.0 Å². The largest absolute Gasteiger partial charge is 0.107 e. The molecular weight excluding hydrogens is 374 g/mol. The Morgan fingerprint density at radius 3 is 0.667 bits per heavy atom. The van der Waals surface area contributed by atoms with Crippen molar-refractivity contribution in [2.24, 2.45) is 0 Å². The van der Waals surface area contributed by atoms with Crippen molar-refractivity contribution in [3.8, 4) is 0 Å². The SMILES string of the molecule is CCCCC.CCCCC.I.I. The Bertz CT molecular complexity index is 28.8. The van der Waals surface area contributed by atoms with E-state index < -0.39 is 0 Å². The summed E-state index contributed by atoms with van der Waals surface area (Å²) in [6, 6.07) is 0. The Hall–Kier alpha value is 1.46. The predicted molar refractivity (Wildman–Crippen MR) is 81.2 cm³/mol. The quantitative estimate of drug-likeness (QED) is 0.537. The minimum atomic E-state index is 0. The molecule has 0 aliphatic carbocycles. The summed E-state index contributed by atoms with van der Waals surface area (Å²) in [4.78, 5) is 0. The molecule has 0 N–H and O–H groups in total. The number of hydrogen-bond donors (Lipinski definition) is 0. The average molecular weight is 400 g/mol. The van der Waals surface area contributed by atoms with Gasteiger partial charge < -0.3 is 0 Å². The Morgan fingerprint density at radius 2 is 0.667 bits per heavy atom. The van der Waals surface area contributed by atoms with Crippen molar-refractivity contribution in [1.29, 1.82) is 0 Å². The fraction of sp³-hybridized carbons (Fsp3) is 1.00. The van der Waals surface area contributed by atoms with E-state index >= 15 is 0 Å². The van der Waals surface area contributed by atoms with Gasteiger partial charge in [0.05, 0.1) is 0 Å². The monoisotopic (exact) mass is 400 g/mol. The van der Waals surface area contributed by atoms with Gasteiger partial charge in [-0.25, -0.2) is 0 Å². The van der Waals surface area contributed by atoms with E-state index in [9.17, 15) is 0 Å². The van der Waals surface area contributed by atoms with E-state index in [1.807, 2.05) is 0 Å². The lowest BCUT2D eigenvalue weighted by molar-refractivity contribution is 0.772. The molecular formula is C10H26I2. The fourth-order valence-corrected chi connectivity index (χ4v) is 0.707. The number of rotatable bonds is 4. The van der Waals surface area contributed by atoms with E-state index in [0.717, 1.165) is 0 Å². The molecule has 12 heavy (non-hydrogen) atoms. The lowest BCUT2D eigenvalue weighted by atomic mass is 10.3. The zero-order valence-corrected chi connectivity index (χ0v) is 13.7. The smallest absolute Gasteiger partial charge is 0.0538 e. The summed E-state index contributed by atoms with van der Waals surface area (Å²) in [6.07, 6.45) is 8.15. The Labute approximate surface area is 113 Å². The summed E-state index contributed by atoms with van der Waals surface area (Å²) >= 11 is 0. The van der Waals surface area contributed by atoms with Crippen LogP contribution in [0.4, 0.5) is 0 Å². The lowest BCUT2D eigenvalue weighted by Crippen LogP contribution is -1.59. The van der Waals surface area contributed by atoms with Crippen LogP contribution in [0.25, 0.3) is 0 Å². The second-order valence-electron chi connectivity index (χ2n) is 2.71. The molecule has 0 saturated carbocycles. The molecule has 2 heteroatoms. The summed E-state index contributed by atoms with van der Waals surface area (Å²) in [6.45, 7) is 8.85. The van der Waals surface area contributed by atoms with Crippen molar-refractivity contribution in [1.82, 2.24) is 0 Å². The van der Waals surface area contributed by atoms with Gasteiger partial charge in [0.25, 0.3) is 0 Å². The van der Waals surface area contributed by atoms with E-state index in [4.69, 9.17) is 0 Å². The molecule has 0 aliphatic heterocycles. The summed E-state index contributed by atoms with van der Waals surface area (Å²) in [5, 5.41) is 0. The number of unbranched alkanes of at least 4 members (excludes halogenated alkanes) is 4. The summed E-state index contributed by atoms with van der Waals surface area (Å²) < 4.78 is 0. The summed E-state index contributed by atoms with van der Waals surface area (Å²) in [7, 11) is 0. The second kappa shape index (κ2) is 29.4. The first-order valence-electron chi connectivity index (χ1n) is 4.83. The van der Waals surface area contributed by atoms with E-state index in [2.05, 4.69) is 27.7 Å². The number of hydrogen-bond acceptors (Lipinski definition) is 0. The van der Waals surface area contributed by atoms with Gasteiger partial charge >= 0.3 is 0 Å². The molecule has 0 heterocycles. The van der Waals surface area contributed by atoms with Crippen LogP contribution in [0.2, 0.25) is 0 Å². The maximum Gasteiger partial charge on any atom is -0.0538 e. The molecule has 0 saturated heterocycles. The Balaban J connectivity index is -0.0000000457. The standard InChI is InChI=1S/2C5H12.2HI/c2*1-3-5-4-2;;/h2*3-5H2,1-2H3;2*1H. The molecule has 0 aromatic rings. The zero-order chi connectivity index (χ0) is 8.24. The minimum absolute atomic E-state index is 0. The first-order chi connectivity index (χ1) is 4.83. The molecule has 0 rings (SSSR count). The van der Waals surface area contributed by atoms with Crippen LogP contribution in [-0.4, -0.2) is 0 Å². The molecule has 0 atom stereocenters. The van der Waals surface area contributed by atoms with Gasteiger partial charge in [0.1, 0.15) is 0 Å². The van der Waals surface area contributed by atoms with Crippen molar-refractivity contribution >= 4 is 48.0 Å². The highest BCUT2D eigenvalue weighted by molar-refractivity contribution is 14.0. The molecule has 0 spiro atoms. The molecule has 0 aromatic carbocycles. The van der Waals surface area contributed by atoms with Gasteiger partial charge in [0.15, 0.2) is 0 Å². The lowest BCUT2D eigenvalue weighted by Gasteiger charge is -1.79. The first kappa shape index (κ1) is 23.4. The van der Waals surface area contributed by atoms with Crippen LogP contribution in [0.5, 0.6) is 0 Å². The molecule has 80 valence electrons. The van der Waals surface area contributed by atoms with Crippen LogP contribution in [0, 0.1) is 0 Å². The van der Waals surface area contributed by atoms with E-state index in [1.165, 1.54) is 38.5 Å². The van der Waals surface area contributed by atoms with Crippen LogP contribution < -0.4 is 0 Å². The second-order valence-corrected chi connectivity index (χ2v) is 2.71. The van der Waals surface area contributed by atoms with Crippen LogP contribution >= 0.6 is 48.0 Å². The molecule has 0 radical (unpaired) electrons. The van der Waals surface area contributed by atoms with Gasteiger partial charge in [-0.05, 0) is 0 Å². The predicted octanol–water partition coefficient (Wildman–Crippen LogP) is 5.63. The van der Waals surface area contributed by atoms with Crippen LogP contribution in [0.1, 0.15) is 66.2 Å². The van der Waals surface area contributed by atoms with Crippen molar-refractivity contribution in [2.75, 3.05) is 0 Å². The highest BCUT2D eigenvalue weighted by atomic mass is 127. The third kappa shape index (κ3) is 42.1. The van der Waals surface area contributed by atoms with Crippen LogP contribution in [0.3, 0.4) is 0 Å². The highest BCUT2D eigenvalue weighted by Crippen LogP contribution is 1.88.